The van der Waals surface area contributed by atoms with Gasteiger partial charge in [0.05, 0.1) is 18.4 Å². The maximum atomic E-state index is 12.5. The van der Waals surface area contributed by atoms with Crippen LogP contribution in [0.15, 0.2) is 6.20 Å². The molecule has 0 unspecified atom stereocenters. The van der Waals surface area contributed by atoms with E-state index in [0.717, 1.165) is 0 Å². The minimum Gasteiger partial charge on any atom is -0.390 e. The number of hydrogen-bond donors (Lipinski definition) is 2. The van der Waals surface area contributed by atoms with E-state index in [4.69, 9.17) is 5.11 Å². The largest absolute Gasteiger partial charge is 0.390 e. The second kappa shape index (κ2) is 4.43. The molecule has 0 amide bonds. The molecule has 0 fully saturated rings. The highest BCUT2D eigenvalue weighted by atomic mass is 19.3. The first kappa shape index (κ1) is 11.0. The number of aromatic nitrogens is 3. The van der Waals surface area contributed by atoms with E-state index in [9.17, 15) is 8.78 Å². The number of nitrogens with zero attached hydrogens (tertiary/aromatic N) is 3. The molecule has 1 heterocycles. The van der Waals surface area contributed by atoms with Crippen molar-refractivity contribution in [2.24, 2.45) is 7.05 Å². The summed E-state index contributed by atoms with van der Waals surface area (Å²) in [7, 11) is 1.67. The van der Waals surface area contributed by atoms with Crippen LogP contribution >= 0.6 is 0 Å². The first-order valence-electron chi connectivity index (χ1n) is 4.08. The lowest BCUT2D eigenvalue weighted by Crippen LogP contribution is -2.35. The molecule has 5 nitrogen and oxygen atoms in total. The lowest BCUT2D eigenvalue weighted by atomic mass is 10.3. The lowest BCUT2D eigenvalue weighted by Gasteiger charge is -2.13. The van der Waals surface area contributed by atoms with E-state index in [1.54, 1.807) is 7.05 Å². The molecule has 0 saturated carbocycles. The van der Waals surface area contributed by atoms with E-state index < -0.39 is 19.1 Å². The van der Waals surface area contributed by atoms with E-state index in [-0.39, 0.29) is 6.54 Å². The molecule has 1 aromatic rings. The van der Waals surface area contributed by atoms with Crippen molar-refractivity contribution in [1.82, 2.24) is 20.3 Å². The Morgan fingerprint density at radius 3 is 2.86 bits per heavy atom. The lowest BCUT2D eigenvalue weighted by molar-refractivity contribution is -0.0478. The van der Waals surface area contributed by atoms with Gasteiger partial charge in [0, 0.05) is 13.6 Å². The molecule has 0 atom stereocenters. The van der Waals surface area contributed by atoms with Gasteiger partial charge in [-0.3, -0.25) is 4.68 Å². The number of aryl methyl sites for hydroxylation is 1. The second-order valence-corrected chi connectivity index (χ2v) is 2.97. The van der Waals surface area contributed by atoms with E-state index in [2.05, 4.69) is 15.6 Å². The van der Waals surface area contributed by atoms with Crippen LogP contribution in [0.3, 0.4) is 0 Å². The second-order valence-electron chi connectivity index (χ2n) is 2.97. The number of nitrogens with one attached hydrogen (secondary N) is 1. The van der Waals surface area contributed by atoms with Crippen molar-refractivity contribution in [1.29, 1.82) is 0 Å². The molecule has 0 radical (unpaired) electrons. The molecule has 0 aliphatic heterocycles. The SMILES string of the molecule is Cn1nncc1CNCC(F)(F)CO. The molecule has 0 aliphatic rings. The van der Waals surface area contributed by atoms with Crippen molar-refractivity contribution in [3.8, 4) is 0 Å². The predicted molar refractivity (Wildman–Crippen MR) is 44.7 cm³/mol. The monoisotopic (exact) mass is 206 g/mol. The van der Waals surface area contributed by atoms with Gasteiger partial charge in [0.15, 0.2) is 0 Å². The number of aliphatic hydroxyl groups is 1. The predicted octanol–water partition coefficient (Wildman–Crippen LogP) is -0.468. The minimum absolute atomic E-state index is 0.249. The van der Waals surface area contributed by atoms with Crippen LogP contribution in [0, 0.1) is 0 Å². The summed E-state index contributed by atoms with van der Waals surface area (Å²) >= 11 is 0. The fourth-order valence-corrected chi connectivity index (χ4v) is 0.900. The molecular formula is C7H12F2N4O. The van der Waals surface area contributed by atoms with Crippen LogP contribution < -0.4 is 5.32 Å². The molecule has 0 aromatic carbocycles. The first-order chi connectivity index (χ1) is 6.55. The first-order valence-corrected chi connectivity index (χ1v) is 4.08. The van der Waals surface area contributed by atoms with Gasteiger partial charge >= 0.3 is 0 Å². The third-order valence-electron chi connectivity index (χ3n) is 1.73. The Morgan fingerprint density at radius 1 is 1.64 bits per heavy atom. The fourth-order valence-electron chi connectivity index (χ4n) is 0.900. The highest BCUT2D eigenvalue weighted by Gasteiger charge is 2.26. The van der Waals surface area contributed by atoms with Crippen LogP contribution in [-0.2, 0) is 13.6 Å². The Hall–Kier alpha value is -1.08. The third-order valence-corrected chi connectivity index (χ3v) is 1.73. The fraction of sp³-hybridized carbons (Fsp3) is 0.714. The van der Waals surface area contributed by atoms with Crippen LogP contribution in [0.25, 0.3) is 0 Å². The Bertz CT molecular complexity index is 289. The van der Waals surface area contributed by atoms with Crippen molar-refractivity contribution < 1.29 is 13.9 Å². The zero-order chi connectivity index (χ0) is 10.6. The van der Waals surface area contributed by atoms with E-state index in [0.29, 0.717) is 5.69 Å². The van der Waals surface area contributed by atoms with Crippen molar-refractivity contribution in [2.45, 2.75) is 12.5 Å². The van der Waals surface area contributed by atoms with Crippen molar-refractivity contribution >= 4 is 0 Å². The van der Waals surface area contributed by atoms with E-state index >= 15 is 0 Å². The summed E-state index contributed by atoms with van der Waals surface area (Å²) in [4.78, 5) is 0. The summed E-state index contributed by atoms with van der Waals surface area (Å²) in [5.74, 6) is -3.08. The summed E-state index contributed by atoms with van der Waals surface area (Å²) < 4.78 is 26.6. The molecule has 1 rings (SSSR count). The summed E-state index contributed by atoms with van der Waals surface area (Å²) in [6.07, 6.45) is 1.49. The normalized spacial score (nSPS) is 12.0. The number of hydrogen-bond acceptors (Lipinski definition) is 4. The van der Waals surface area contributed by atoms with Gasteiger partial charge in [0.2, 0.25) is 0 Å². The average molecular weight is 206 g/mol. The number of halogens is 2. The molecule has 2 N–H and O–H groups in total. The molecule has 80 valence electrons. The number of alkyl halides is 2. The quantitative estimate of drug-likeness (QED) is 0.683. The molecular weight excluding hydrogens is 194 g/mol. The smallest absolute Gasteiger partial charge is 0.282 e. The van der Waals surface area contributed by atoms with E-state index in [1.165, 1.54) is 10.9 Å². The summed E-state index contributed by atoms with van der Waals surface area (Å²) in [6, 6.07) is 0. The van der Waals surface area contributed by atoms with Crippen LogP contribution in [0.4, 0.5) is 8.78 Å². The van der Waals surface area contributed by atoms with Gasteiger partial charge in [-0.25, -0.2) is 8.78 Å². The van der Waals surface area contributed by atoms with Gasteiger partial charge in [0.25, 0.3) is 5.92 Å². The van der Waals surface area contributed by atoms with Crippen LogP contribution in [-0.4, -0.2) is 39.2 Å². The number of rotatable bonds is 5. The molecule has 1 aromatic heterocycles. The van der Waals surface area contributed by atoms with Crippen molar-refractivity contribution in [3.63, 3.8) is 0 Å². The molecule has 7 heteroatoms. The Morgan fingerprint density at radius 2 is 2.36 bits per heavy atom. The Labute approximate surface area is 79.7 Å². The summed E-state index contributed by atoms with van der Waals surface area (Å²) in [6.45, 7) is -1.46. The van der Waals surface area contributed by atoms with Crippen molar-refractivity contribution in [3.05, 3.63) is 11.9 Å². The van der Waals surface area contributed by atoms with Gasteiger partial charge in [-0.2, -0.15) is 0 Å². The molecule has 0 aliphatic carbocycles. The van der Waals surface area contributed by atoms with Crippen LogP contribution in [0.2, 0.25) is 0 Å². The van der Waals surface area contributed by atoms with Gasteiger partial charge in [0.1, 0.15) is 6.61 Å². The standard InChI is InChI=1S/C7H12F2N4O/c1-13-6(3-11-12-13)2-10-4-7(8,9)5-14/h3,10,14H,2,4-5H2,1H3. The van der Waals surface area contributed by atoms with Crippen LogP contribution in [0.5, 0.6) is 0 Å². The van der Waals surface area contributed by atoms with Gasteiger partial charge in [-0.1, -0.05) is 5.21 Å². The Kier molecular flexibility index (Phi) is 3.48. The molecule has 0 bridgehead atoms. The van der Waals surface area contributed by atoms with Gasteiger partial charge < -0.3 is 10.4 Å². The zero-order valence-corrected chi connectivity index (χ0v) is 7.74. The van der Waals surface area contributed by atoms with E-state index in [1.807, 2.05) is 0 Å². The molecule has 14 heavy (non-hydrogen) atoms. The third kappa shape index (κ3) is 3.00. The summed E-state index contributed by atoms with van der Waals surface area (Å²) in [5, 5.41) is 18.0. The zero-order valence-electron chi connectivity index (χ0n) is 7.74. The van der Waals surface area contributed by atoms with Crippen molar-refractivity contribution in [2.75, 3.05) is 13.2 Å². The maximum absolute atomic E-state index is 12.5. The summed E-state index contributed by atoms with van der Waals surface area (Å²) in [5.41, 5.74) is 0.707. The maximum Gasteiger partial charge on any atom is 0.282 e. The van der Waals surface area contributed by atoms with Crippen LogP contribution in [0.1, 0.15) is 5.69 Å². The van der Waals surface area contributed by atoms with Gasteiger partial charge in [-0.05, 0) is 0 Å². The topological polar surface area (TPSA) is 63.0 Å². The Balaban J connectivity index is 2.32. The number of aliphatic hydroxyl groups excluding tert-OH is 1. The average Bonchev–Trinajstić information content (AvgIpc) is 2.52. The van der Waals surface area contributed by atoms with Gasteiger partial charge in [-0.15, -0.1) is 5.10 Å². The molecule has 0 spiro atoms. The molecule has 0 saturated heterocycles. The highest BCUT2D eigenvalue weighted by Crippen LogP contribution is 2.09. The highest BCUT2D eigenvalue weighted by molar-refractivity contribution is 4.92. The minimum atomic E-state index is -3.08.